The van der Waals surface area contributed by atoms with Crippen molar-refractivity contribution in [2.24, 2.45) is 0 Å². The largest absolute Gasteiger partial charge is 0.458 e. The molecule has 3 atom stereocenters. The first-order valence-corrected chi connectivity index (χ1v) is 32.8. The van der Waals surface area contributed by atoms with Gasteiger partial charge in [0.25, 0.3) is 13.4 Å². The molecule has 0 saturated carbocycles. The Morgan fingerprint density at radius 1 is 0.413 bits per heavy atom. The highest BCUT2D eigenvalue weighted by Crippen LogP contribution is 2.53. The molecule has 3 aliphatic carbocycles. The van der Waals surface area contributed by atoms with E-state index in [-0.39, 0.29) is 31.4 Å². The second-order valence-electron chi connectivity index (χ2n) is 25.2. The van der Waals surface area contributed by atoms with Crippen molar-refractivity contribution in [2.45, 2.75) is 50.1 Å². The molecule has 0 saturated heterocycles. The van der Waals surface area contributed by atoms with Crippen molar-refractivity contribution in [1.29, 1.82) is 0 Å². The molecule has 8 heteroatoms. The van der Waals surface area contributed by atoms with Crippen LogP contribution in [-0.2, 0) is 0 Å². The Balaban J connectivity index is 0.949. The minimum absolute atomic E-state index is 0.0649. The van der Waals surface area contributed by atoms with E-state index >= 15 is 0 Å². The van der Waals surface area contributed by atoms with Crippen LogP contribution in [0, 0.1) is 0 Å². The molecule has 4 aliphatic heterocycles. The minimum Gasteiger partial charge on any atom is -0.458 e. The molecule has 0 spiro atoms. The second kappa shape index (κ2) is 22.5. The van der Waals surface area contributed by atoms with Gasteiger partial charge >= 0.3 is 0 Å². The zero-order valence-electron chi connectivity index (χ0n) is 51.1. The molecular weight excluding hydrogens is 1120 g/mol. The van der Waals surface area contributed by atoms with Crippen molar-refractivity contribution in [3.63, 3.8) is 0 Å². The van der Waals surface area contributed by atoms with Gasteiger partial charge in [-0.25, -0.2) is 0 Å². The van der Waals surface area contributed by atoms with E-state index in [0.717, 1.165) is 100 Å². The lowest BCUT2D eigenvalue weighted by atomic mass is 9.30. The van der Waals surface area contributed by atoms with Gasteiger partial charge in [0.2, 0.25) is 0 Å². The number of anilines is 12. The van der Waals surface area contributed by atoms with Crippen molar-refractivity contribution in [3.05, 3.63) is 332 Å². The number of nitrogens with zero attached hydrogens (tertiary/aromatic N) is 5. The fourth-order valence-corrected chi connectivity index (χ4v) is 16.3. The van der Waals surface area contributed by atoms with E-state index < -0.39 is 0 Å². The average molecular weight is 1180 g/mol. The van der Waals surface area contributed by atoms with Crippen LogP contribution < -0.4 is 62.0 Å². The maximum absolute atomic E-state index is 7.94. The number of rotatable bonds is 11. The van der Waals surface area contributed by atoms with Crippen molar-refractivity contribution in [1.82, 2.24) is 0 Å². The third-order valence-electron chi connectivity index (χ3n) is 20.1. The number of fused-ring (bicyclic) bond motifs is 8. The number of para-hydroxylation sites is 6. The van der Waals surface area contributed by atoms with Crippen molar-refractivity contribution in [2.75, 3.05) is 24.5 Å². The van der Waals surface area contributed by atoms with Crippen molar-refractivity contribution < 1.29 is 4.74 Å². The molecule has 0 radical (unpaired) electrons. The fraction of sp³-hybridized carbons (Fsp3) is 0.0952. The summed E-state index contributed by atoms with van der Waals surface area (Å²) in [6.07, 6.45) is 23.5. The zero-order valence-corrected chi connectivity index (χ0v) is 51.1. The summed E-state index contributed by atoms with van der Waals surface area (Å²) in [5.41, 5.74) is 26.1. The Bertz CT molecular complexity index is 4820. The van der Waals surface area contributed by atoms with Crippen LogP contribution >= 0.6 is 0 Å². The number of hydrogen-bond donors (Lipinski definition) is 0. The SMILES string of the molecule is C1=CCC(N(c2ccccc2)c2cc3c4c(c2)N(C2C(c5ccccc5)=CCCC2c2ccccc2)c2cc5c(cc2B4c2ccccc2N3c2ccccc2)B2c3ccccc3N(c3ccccc3)c3cc(N(C4=CCCC=C4)c4ccccc4)cc(c32)O5)C=C1. The van der Waals surface area contributed by atoms with Crippen LogP contribution in [0.3, 0.4) is 0 Å². The molecule has 92 heavy (non-hydrogen) atoms. The first-order chi connectivity index (χ1) is 45.7. The highest BCUT2D eigenvalue weighted by Gasteiger charge is 2.50. The first-order valence-electron chi connectivity index (χ1n) is 32.8. The predicted octanol–water partition coefficient (Wildman–Crippen LogP) is 17.3. The van der Waals surface area contributed by atoms with Crippen LogP contribution in [0.25, 0.3) is 5.57 Å². The molecule has 3 unspecified atom stereocenters. The number of ether oxygens (including phenoxy) is 1. The van der Waals surface area contributed by atoms with E-state index in [4.69, 9.17) is 4.74 Å². The third kappa shape index (κ3) is 8.87. The Morgan fingerprint density at radius 2 is 1.00 bits per heavy atom. The second-order valence-corrected chi connectivity index (χ2v) is 25.2. The molecule has 7 aliphatic rings. The summed E-state index contributed by atoms with van der Waals surface area (Å²) >= 11 is 0. The highest BCUT2D eigenvalue weighted by molar-refractivity contribution is 7.02. The molecule has 0 aromatic heterocycles. The van der Waals surface area contributed by atoms with E-state index in [2.05, 4.69) is 340 Å². The Labute approximate surface area is 540 Å². The average Bonchev–Trinajstić information content (AvgIpc) is 0.700. The highest BCUT2D eigenvalue weighted by atomic mass is 16.5. The van der Waals surface area contributed by atoms with Gasteiger partial charge in [0.1, 0.15) is 11.5 Å². The standard InChI is InChI=1S/C84H65B2N5O/c1-9-30-58(31-10-1)68-46-29-47-69(59-32-11-2-12-33-59)84(68)91-76-57-80-73(86-71-49-26-28-51-75(71)90(65-44-23-8-24-45-65)79-54-67(55-81(92-80)83(79)86)88(62-38-17-5-18-39-62)63-40-19-6-20-41-63)56-72(76)85-70-48-25-27-50-74(70)89(64-42-21-7-22-43-64)77-52-66(53-78(91)82(77)85)87(60-34-13-3-14-35-60)61-36-15-4-16-37-61/h1-5,7-19,21-28,30-36,38-46,48-57,61,69,84H,6,20,29,37,47H2. The summed E-state index contributed by atoms with van der Waals surface area (Å²) in [5, 5.41) is 0. The van der Waals surface area contributed by atoms with Gasteiger partial charge in [-0.15, -0.1) is 0 Å². The van der Waals surface area contributed by atoms with E-state index in [1.54, 1.807) is 0 Å². The number of hydrogen-bond acceptors (Lipinski definition) is 6. The lowest BCUT2D eigenvalue weighted by Crippen LogP contribution is -2.65. The molecule has 0 fully saturated rings. The van der Waals surface area contributed by atoms with Crippen molar-refractivity contribution >= 4 is 120 Å². The van der Waals surface area contributed by atoms with Gasteiger partial charge in [0, 0.05) is 86.3 Å². The van der Waals surface area contributed by atoms with Gasteiger partial charge in [0.05, 0.1) is 17.8 Å². The number of allylic oxidation sites excluding steroid dienone is 6. The lowest BCUT2D eigenvalue weighted by molar-refractivity contribution is 0.487. The maximum atomic E-state index is 7.94. The van der Waals surface area contributed by atoms with Gasteiger partial charge in [0.15, 0.2) is 0 Å². The van der Waals surface area contributed by atoms with E-state index in [1.165, 1.54) is 66.5 Å². The smallest absolute Gasteiger partial charge is 0.256 e. The van der Waals surface area contributed by atoms with Gasteiger partial charge in [-0.2, -0.15) is 0 Å². The molecule has 11 aromatic rings. The van der Waals surface area contributed by atoms with Gasteiger partial charge in [-0.05, 0) is 167 Å². The van der Waals surface area contributed by atoms with Gasteiger partial charge < -0.3 is 29.2 Å². The van der Waals surface area contributed by atoms with E-state index in [9.17, 15) is 0 Å². The van der Waals surface area contributed by atoms with Crippen molar-refractivity contribution in [3.8, 4) is 11.5 Å². The summed E-state index contributed by atoms with van der Waals surface area (Å²) in [7, 11) is 0. The molecule has 0 N–H and O–H groups in total. The predicted molar refractivity (Wildman–Crippen MR) is 387 cm³/mol. The third-order valence-corrected chi connectivity index (χ3v) is 20.1. The molecule has 4 heterocycles. The van der Waals surface area contributed by atoms with Crippen LogP contribution in [0.15, 0.2) is 321 Å². The quantitative estimate of drug-likeness (QED) is 0.120. The number of benzene rings is 11. The topological polar surface area (TPSA) is 25.4 Å². The van der Waals surface area contributed by atoms with E-state index in [1.807, 2.05) is 0 Å². The Morgan fingerprint density at radius 3 is 1.65 bits per heavy atom. The molecule has 438 valence electrons. The minimum atomic E-state index is -0.168. The zero-order chi connectivity index (χ0) is 60.6. The summed E-state index contributed by atoms with van der Waals surface area (Å²) in [6, 6.07) is 99.8. The fourth-order valence-electron chi connectivity index (χ4n) is 16.3. The van der Waals surface area contributed by atoms with Gasteiger partial charge in [-0.1, -0.05) is 218 Å². The van der Waals surface area contributed by atoms with Crippen LogP contribution in [0.1, 0.15) is 49.1 Å². The Kier molecular flexibility index (Phi) is 13.2. The summed E-state index contributed by atoms with van der Waals surface area (Å²) in [5.74, 6) is 1.85. The lowest BCUT2D eigenvalue weighted by Gasteiger charge is -2.50. The van der Waals surface area contributed by atoms with Gasteiger partial charge in [-0.3, -0.25) is 0 Å². The molecule has 0 bridgehead atoms. The summed E-state index contributed by atoms with van der Waals surface area (Å²) in [6.45, 7) is -0.329. The van der Waals surface area contributed by atoms with E-state index in [0.29, 0.717) is 0 Å². The molecule has 18 rings (SSSR count). The van der Waals surface area contributed by atoms with Crippen LogP contribution in [0.2, 0.25) is 0 Å². The normalized spacial score (nSPS) is 17.7. The summed E-state index contributed by atoms with van der Waals surface area (Å²) in [4.78, 5) is 12.9. The maximum Gasteiger partial charge on any atom is 0.256 e. The Hall–Kier alpha value is -11.0. The molecular formula is C84H65B2N5O. The molecule has 11 aromatic carbocycles. The van der Waals surface area contributed by atoms with Crippen LogP contribution in [-0.4, -0.2) is 25.5 Å². The van der Waals surface area contributed by atoms with Crippen LogP contribution in [0.4, 0.5) is 68.2 Å². The summed E-state index contributed by atoms with van der Waals surface area (Å²) < 4.78 is 7.94. The first kappa shape index (κ1) is 54.0. The molecule has 6 nitrogen and oxygen atoms in total. The molecule has 0 amide bonds. The van der Waals surface area contributed by atoms with Crippen LogP contribution in [0.5, 0.6) is 11.5 Å². The monoisotopic (exact) mass is 1180 g/mol.